The molecule has 188 valence electrons. The molecule has 0 bridgehead atoms. The molecule has 2 aliphatic rings. The van der Waals surface area contributed by atoms with Crippen LogP contribution >= 0.6 is 11.8 Å². The van der Waals surface area contributed by atoms with Gasteiger partial charge in [0.05, 0.1) is 12.0 Å². The molecule has 0 saturated carbocycles. The van der Waals surface area contributed by atoms with Gasteiger partial charge in [0.25, 0.3) is 0 Å². The van der Waals surface area contributed by atoms with Gasteiger partial charge in [0, 0.05) is 38.5 Å². The summed E-state index contributed by atoms with van der Waals surface area (Å²) in [6, 6.07) is 8.57. The van der Waals surface area contributed by atoms with Gasteiger partial charge in [-0.2, -0.15) is 0 Å². The minimum absolute atomic E-state index is 0.122. The molecule has 2 unspecified atom stereocenters. The lowest BCUT2D eigenvalue weighted by Gasteiger charge is -2.28. The number of benzene rings is 1. The quantitative estimate of drug-likeness (QED) is 0.315. The van der Waals surface area contributed by atoms with E-state index >= 15 is 0 Å². The summed E-state index contributed by atoms with van der Waals surface area (Å²) >= 11 is 1.67. The van der Waals surface area contributed by atoms with Crippen molar-refractivity contribution in [1.82, 2.24) is 19.7 Å². The lowest BCUT2D eigenvalue weighted by molar-refractivity contribution is -0.274. The number of halogens is 3. The highest BCUT2D eigenvalue weighted by atomic mass is 32.2. The summed E-state index contributed by atoms with van der Waals surface area (Å²) in [5.41, 5.74) is 1.55. The molecule has 0 spiro atoms. The third kappa shape index (κ3) is 5.16. The third-order valence-corrected chi connectivity index (χ3v) is 7.88. The molecule has 7 nitrogen and oxygen atoms in total. The second kappa shape index (κ2) is 9.77. The number of furan rings is 1. The first-order valence-corrected chi connectivity index (χ1v) is 12.7. The number of aryl methyl sites for hydroxylation is 1. The van der Waals surface area contributed by atoms with Crippen LogP contribution in [0.25, 0.3) is 11.6 Å². The summed E-state index contributed by atoms with van der Waals surface area (Å²) in [5.74, 6) is 2.70. The molecule has 3 aromatic rings. The molecular weight excluding hydrogens is 479 g/mol. The van der Waals surface area contributed by atoms with Gasteiger partial charge in [-0.3, -0.25) is 0 Å². The number of thioether (sulfide) groups is 1. The van der Waals surface area contributed by atoms with E-state index in [1.807, 2.05) is 24.6 Å². The first-order valence-electron chi connectivity index (χ1n) is 11.7. The van der Waals surface area contributed by atoms with Gasteiger partial charge in [-0.1, -0.05) is 23.9 Å². The van der Waals surface area contributed by atoms with Crippen molar-refractivity contribution in [2.24, 2.45) is 13.0 Å². The average Bonchev–Trinajstić information content (AvgIpc) is 3.56. The van der Waals surface area contributed by atoms with Crippen LogP contribution in [0.3, 0.4) is 0 Å². The van der Waals surface area contributed by atoms with Crippen LogP contribution in [0.1, 0.15) is 18.4 Å². The SMILES string of the molecule is Cc1ccoc1-c1nnc(SCCCN2CC3CCN(c4ccccc4OC(F)(F)F)C3C2)n1C. The van der Waals surface area contributed by atoms with Gasteiger partial charge in [0.2, 0.25) is 0 Å². The van der Waals surface area contributed by atoms with Gasteiger partial charge in [-0.15, -0.1) is 23.4 Å². The van der Waals surface area contributed by atoms with Gasteiger partial charge >= 0.3 is 6.36 Å². The maximum Gasteiger partial charge on any atom is 0.573 e. The van der Waals surface area contributed by atoms with E-state index in [4.69, 9.17) is 4.42 Å². The smallest absolute Gasteiger partial charge is 0.461 e. The largest absolute Gasteiger partial charge is 0.573 e. The van der Waals surface area contributed by atoms with Gasteiger partial charge in [0.15, 0.2) is 22.5 Å². The Morgan fingerprint density at radius 3 is 2.77 bits per heavy atom. The zero-order valence-electron chi connectivity index (χ0n) is 19.7. The molecule has 0 aliphatic carbocycles. The Bertz CT molecular complexity index is 1160. The highest BCUT2D eigenvalue weighted by Crippen LogP contribution is 2.40. The fourth-order valence-corrected chi connectivity index (χ4v) is 5.96. The molecule has 11 heteroatoms. The van der Waals surface area contributed by atoms with Crippen LogP contribution in [0.5, 0.6) is 5.75 Å². The van der Waals surface area contributed by atoms with E-state index in [9.17, 15) is 13.2 Å². The average molecular weight is 508 g/mol. The molecule has 1 aromatic carbocycles. The Morgan fingerprint density at radius 1 is 1.17 bits per heavy atom. The summed E-state index contributed by atoms with van der Waals surface area (Å²) in [6.45, 7) is 5.49. The van der Waals surface area contributed by atoms with E-state index in [-0.39, 0.29) is 11.8 Å². The van der Waals surface area contributed by atoms with Gasteiger partial charge < -0.3 is 23.5 Å². The second-order valence-corrected chi connectivity index (χ2v) is 10.1. The van der Waals surface area contributed by atoms with E-state index in [2.05, 4.69) is 24.7 Å². The maximum absolute atomic E-state index is 12.9. The molecule has 2 atom stereocenters. The van der Waals surface area contributed by atoms with Crippen LogP contribution in [0, 0.1) is 12.8 Å². The number of hydrogen-bond acceptors (Lipinski definition) is 7. The van der Waals surface area contributed by atoms with Gasteiger partial charge in [0.1, 0.15) is 0 Å². The standard InChI is InChI=1S/C24H28F3N5O2S/c1-16-9-12-33-21(16)22-28-29-23(30(22)2)35-13-5-10-31-14-17-8-11-32(19(17)15-31)18-6-3-4-7-20(18)34-24(25,26)27/h3-4,6-7,9,12,17,19H,5,8,10-11,13-15H2,1-2H3. The maximum atomic E-state index is 12.9. The predicted molar refractivity (Wildman–Crippen MR) is 128 cm³/mol. The molecular formula is C24H28F3N5O2S. The number of ether oxygens (including phenoxy) is 1. The van der Waals surface area contributed by atoms with E-state index in [0.29, 0.717) is 11.6 Å². The van der Waals surface area contributed by atoms with Crippen LogP contribution in [0.15, 0.2) is 46.2 Å². The minimum atomic E-state index is -4.70. The Kier molecular flexibility index (Phi) is 6.71. The van der Waals surface area contributed by atoms with Gasteiger partial charge in [-0.05, 0) is 56.0 Å². The Labute approximate surface area is 206 Å². The number of alkyl halides is 3. The number of hydrogen-bond donors (Lipinski definition) is 0. The van der Waals surface area contributed by atoms with Crippen LogP contribution in [-0.2, 0) is 7.05 Å². The molecule has 2 aromatic heterocycles. The molecule has 0 N–H and O–H groups in total. The molecule has 0 radical (unpaired) electrons. The molecule has 4 heterocycles. The lowest BCUT2D eigenvalue weighted by Crippen LogP contribution is -2.36. The normalized spacial score (nSPS) is 20.5. The van der Waals surface area contributed by atoms with Crippen LogP contribution in [0.2, 0.25) is 0 Å². The Morgan fingerprint density at radius 2 is 2.00 bits per heavy atom. The minimum Gasteiger partial charge on any atom is -0.461 e. The Balaban J connectivity index is 1.14. The molecule has 5 rings (SSSR count). The number of likely N-dealkylation sites (tertiary alicyclic amines) is 1. The van der Waals surface area contributed by atoms with E-state index in [1.165, 1.54) is 6.07 Å². The van der Waals surface area contributed by atoms with Gasteiger partial charge in [-0.25, -0.2) is 0 Å². The van der Waals surface area contributed by atoms with Crippen LogP contribution in [-0.4, -0.2) is 64.0 Å². The highest BCUT2D eigenvalue weighted by molar-refractivity contribution is 7.99. The second-order valence-electron chi connectivity index (χ2n) is 9.08. The zero-order valence-corrected chi connectivity index (χ0v) is 20.5. The summed E-state index contributed by atoms with van der Waals surface area (Å²) in [4.78, 5) is 4.52. The molecule has 2 aliphatic heterocycles. The first kappa shape index (κ1) is 24.1. The topological polar surface area (TPSA) is 59.6 Å². The Hall–Kier alpha value is -2.66. The fraction of sp³-hybridized carbons (Fsp3) is 0.500. The number of para-hydroxylation sites is 2. The van der Waals surface area contributed by atoms with Crippen LogP contribution in [0.4, 0.5) is 18.9 Å². The molecule has 35 heavy (non-hydrogen) atoms. The van der Waals surface area contributed by atoms with Crippen molar-refractivity contribution in [2.45, 2.75) is 37.3 Å². The molecule has 0 amide bonds. The van der Waals surface area contributed by atoms with Crippen molar-refractivity contribution < 1.29 is 22.3 Å². The predicted octanol–water partition coefficient (Wildman–Crippen LogP) is 4.98. The van der Waals surface area contributed by atoms with Crippen LogP contribution < -0.4 is 9.64 Å². The van der Waals surface area contributed by atoms with Crippen molar-refractivity contribution in [2.75, 3.05) is 36.8 Å². The summed E-state index contributed by atoms with van der Waals surface area (Å²) in [5, 5.41) is 9.44. The lowest BCUT2D eigenvalue weighted by atomic mass is 10.0. The van der Waals surface area contributed by atoms with Crippen molar-refractivity contribution in [3.63, 3.8) is 0 Å². The van der Waals surface area contributed by atoms with Crippen molar-refractivity contribution in [3.8, 4) is 17.3 Å². The van der Waals surface area contributed by atoms with Crippen molar-refractivity contribution >= 4 is 17.4 Å². The van der Waals surface area contributed by atoms with E-state index in [0.717, 1.165) is 67.1 Å². The fourth-order valence-electron chi connectivity index (χ4n) is 5.13. The molecule has 2 fully saturated rings. The number of fused-ring (bicyclic) bond motifs is 1. The van der Waals surface area contributed by atoms with E-state index in [1.54, 1.807) is 36.2 Å². The monoisotopic (exact) mass is 507 g/mol. The van der Waals surface area contributed by atoms with Crippen molar-refractivity contribution in [1.29, 1.82) is 0 Å². The third-order valence-electron chi connectivity index (χ3n) is 6.77. The number of anilines is 1. The van der Waals surface area contributed by atoms with E-state index < -0.39 is 6.36 Å². The molecule has 2 saturated heterocycles. The summed E-state index contributed by atoms with van der Waals surface area (Å²) < 4.78 is 50.5. The van der Waals surface area contributed by atoms with Crippen molar-refractivity contribution in [3.05, 3.63) is 42.2 Å². The zero-order chi connectivity index (χ0) is 24.6. The summed E-state index contributed by atoms with van der Waals surface area (Å²) in [6.07, 6.45) is -1.08. The highest BCUT2D eigenvalue weighted by Gasteiger charge is 2.42. The number of aromatic nitrogens is 3. The number of nitrogens with zero attached hydrogens (tertiary/aromatic N) is 5. The summed E-state index contributed by atoms with van der Waals surface area (Å²) in [7, 11) is 1.94. The first-order chi connectivity index (χ1) is 16.8. The number of rotatable bonds is 8.